The number of carbonyl (C=O) groups excluding carboxylic acids is 1. The van der Waals surface area contributed by atoms with Gasteiger partial charge in [0.15, 0.2) is 6.61 Å². The summed E-state index contributed by atoms with van der Waals surface area (Å²) in [5, 5.41) is 15.5. The van der Waals surface area contributed by atoms with E-state index in [0.717, 1.165) is 10.4 Å². The van der Waals surface area contributed by atoms with Crippen molar-refractivity contribution in [1.82, 2.24) is 0 Å². The smallest absolute Gasteiger partial charge is 0.337 e. The van der Waals surface area contributed by atoms with E-state index in [-0.39, 0.29) is 24.6 Å². The van der Waals surface area contributed by atoms with E-state index in [2.05, 4.69) is 5.16 Å². The highest BCUT2D eigenvalue weighted by Crippen LogP contribution is 2.23. The van der Waals surface area contributed by atoms with Crippen molar-refractivity contribution in [3.63, 3.8) is 0 Å². The van der Waals surface area contributed by atoms with E-state index in [1.54, 1.807) is 25.1 Å². The highest BCUT2D eigenvalue weighted by atomic mass is 32.1. The molecule has 2 aromatic carbocycles. The lowest BCUT2D eigenvalue weighted by molar-refractivity contribution is -0.123. The predicted octanol–water partition coefficient (Wildman–Crippen LogP) is 4.42. The highest BCUT2D eigenvalue weighted by molar-refractivity contribution is 7.12. The van der Waals surface area contributed by atoms with E-state index < -0.39 is 5.97 Å². The van der Waals surface area contributed by atoms with Gasteiger partial charge in [-0.3, -0.25) is 4.79 Å². The van der Waals surface area contributed by atoms with E-state index in [9.17, 15) is 14.7 Å². The molecule has 0 unspecified atom stereocenters. The third kappa shape index (κ3) is 5.30. The first kappa shape index (κ1) is 20.3. The van der Waals surface area contributed by atoms with Gasteiger partial charge in [-0.1, -0.05) is 53.7 Å². The number of hydrogen-bond donors (Lipinski definition) is 1. The summed E-state index contributed by atoms with van der Waals surface area (Å²) < 4.78 is 0. The summed E-state index contributed by atoms with van der Waals surface area (Å²) in [5.74, 6) is -1.48. The van der Waals surface area contributed by atoms with Crippen LogP contribution < -0.4 is 4.90 Å². The third-order valence-corrected chi connectivity index (χ3v) is 5.16. The van der Waals surface area contributed by atoms with Crippen LogP contribution in [0, 0.1) is 0 Å². The minimum Gasteiger partial charge on any atom is -0.478 e. The molecular weight excluding hydrogens is 388 g/mol. The van der Waals surface area contributed by atoms with Crippen molar-refractivity contribution in [3.8, 4) is 0 Å². The molecule has 0 atom stereocenters. The lowest BCUT2D eigenvalue weighted by atomic mass is 10.1. The van der Waals surface area contributed by atoms with E-state index in [0.29, 0.717) is 11.4 Å². The average molecular weight is 408 g/mol. The molecule has 0 radical (unpaired) electrons. The monoisotopic (exact) mass is 408 g/mol. The van der Waals surface area contributed by atoms with Gasteiger partial charge in [0, 0.05) is 0 Å². The van der Waals surface area contributed by atoms with E-state index in [1.807, 2.05) is 47.8 Å². The Kier molecular flexibility index (Phi) is 6.76. The number of oxime groups is 1. The zero-order valence-electron chi connectivity index (χ0n) is 15.8. The zero-order valence-corrected chi connectivity index (χ0v) is 16.6. The number of para-hydroxylation sites is 1. The quantitative estimate of drug-likeness (QED) is 0.442. The second-order valence-corrected chi connectivity index (χ2v) is 7.16. The molecule has 1 heterocycles. The molecule has 0 aliphatic rings. The van der Waals surface area contributed by atoms with Crippen molar-refractivity contribution in [2.24, 2.45) is 5.16 Å². The number of anilines is 1. The first-order chi connectivity index (χ1) is 14.1. The number of benzene rings is 2. The lowest BCUT2D eigenvalue weighted by Crippen LogP contribution is -2.34. The van der Waals surface area contributed by atoms with E-state index >= 15 is 0 Å². The second kappa shape index (κ2) is 9.66. The number of thiophene rings is 1. The molecule has 0 saturated heterocycles. The molecule has 0 aliphatic heterocycles. The number of amides is 1. The molecular formula is C22H20N2O4S. The molecule has 7 heteroatoms. The molecule has 1 N–H and O–H groups in total. The van der Waals surface area contributed by atoms with Crippen LogP contribution in [0.1, 0.15) is 27.7 Å². The fraction of sp³-hybridized carbons (Fsp3) is 0.136. The Morgan fingerprint density at radius 2 is 1.76 bits per heavy atom. The van der Waals surface area contributed by atoms with Gasteiger partial charge >= 0.3 is 5.97 Å². The Morgan fingerprint density at radius 3 is 2.45 bits per heavy atom. The first-order valence-corrected chi connectivity index (χ1v) is 9.81. The van der Waals surface area contributed by atoms with Crippen molar-refractivity contribution in [2.75, 3.05) is 11.5 Å². The van der Waals surface area contributed by atoms with Crippen molar-refractivity contribution in [2.45, 2.75) is 13.5 Å². The predicted molar refractivity (Wildman–Crippen MR) is 114 cm³/mol. The van der Waals surface area contributed by atoms with Crippen molar-refractivity contribution < 1.29 is 19.5 Å². The van der Waals surface area contributed by atoms with Crippen molar-refractivity contribution in [3.05, 3.63) is 88.1 Å². The topological polar surface area (TPSA) is 79.2 Å². The van der Waals surface area contributed by atoms with Crippen molar-refractivity contribution >= 4 is 34.6 Å². The normalized spacial score (nSPS) is 11.1. The second-order valence-electron chi connectivity index (χ2n) is 6.22. The van der Waals surface area contributed by atoms with Crippen LogP contribution in [0.25, 0.3) is 0 Å². The molecule has 0 spiro atoms. The number of carboxylic acids is 1. The molecule has 0 saturated carbocycles. The minimum atomic E-state index is -1.10. The molecule has 6 nitrogen and oxygen atoms in total. The van der Waals surface area contributed by atoms with Gasteiger partial charge in [0.25, 0.3) is 5.91 Å². The largest absolute Gasteiger partial charge is 0.478 e. The molecule has 0 bridgehead atoms. The fourth-order valence-electron chi connectivity index (χ4n) is 2.76. The molecule has 0 fully saturated rings. The summed E-state index contributed by atoms with van der Waals surface area (Å²) >= 11 is 1.53. The van der Waals surface area contributed by atoms with Gasteiger partial charge in [-0.15, -0.1) is 11.3 Å². The van der Waals surface area contributed by atoms with Crippen LogP contribution in [-0.2, 0) is 16.2 Å². The van der Waals surface area contributed by atoms with E-state index in [1.165, 1.54) is 22.3 Å². The SMILES string of the molecule is C/C(=N/OCC(=O)N(Cc1ccccc1)c1ccccc1C(=O)O)c1cccs1. The summed E-state index contributed by atoms with van der Waals surface area (Å²) in [6.07, 6.45) is 0. The summed E-state index contributed by atoms with van der Waals surface area (Å²) in [7, 11) is 0. The number of carbonyl (C=O) groups is 2. The average Bonchev–Trinajstić information content (AvgIpc) is 3.27. The van der Waals surface area contributed by atoms with E-state index in [4.69, 9.17) is 4.84 Å². The Balaban J connectivity index is 1.82. The minimum absolute atomic E-state index is 0.0510. The number of carboxylic acid groups (broad SMARTS) is 1. The zero-order chi connectivity index (χ0) is 20.6. The van der Waals surface area contributed by atoms with Gasteiger partial charge in [0.2, 0.25) is 0 Å². The maximum Gasteiger partial charge on any atom is 0.337 e. The van der Waals surface area contributed by atoms with Crippen LogP contribution in [-0.4, -0.2) is 29.3 Å². The molecule has 1 aromatic heterocycles. The van der Waals surface area contributed by atoms with Crippen LogP contribution >= 0.6 is 11.3 Å². The van der Waals surface area contributed by atoms with Gasteiger partial charge in [-0.2, -0.15) is 0 Å². The van der Waals surface area contributed by atoms with Crippen LogP contribution in [0.2, 0.25) is 0 Å². The van der Waals surface area contributed by atoms with Gasteiger partial charge in [0.05, 0.1) is 28.4 Å². The number of hydrogen-bond acceptors (Lipinski definition) is 5. The van der Waals surface area contributed by atoms with Crippen LogP contribution in [0.3, 0.4) is 0 Å². The third-order valence-electron chi connectivity index (χ3n) is 4.18. The van der Waals surface area contributed by atoms with Gasteiger partial charge in [-0.05, 0) is 36.1 Å². The first-order valence-electron chi connectivity index (χ1n) is 8.93. The summed E-state index contributed by atoms with van der Waals surface area (Å²) in [6, 6.07) is 19.6. The summed E-state index contributed by atoms with van der Waals surface area (Å²) in [5.41, 5.74) is 1.92. The summed E-state index contributed by atoms with van der Waals surface area (Å²) in [4.78, 5) is 32.2. The standard InChI is InChI=1S/C22H20N2O4S/c1-16(20-12-7-13-29-20)23-28-15-21(25)24(14-17-8-3-2-4-9-17)19-11-6-5-10-18(19)22(26)27/h2-13H,14-15H2,1H3,(H,26,27)/b23-16-. The van der Waals surface area contributed by atoms with Crippen molar-refractivity contribution in [1.29, 1.82) is 0 Å². The fourth-order valence-corrected chi connectivity index (χ4v) is 3.42. The Hall–Kier alpha value is -3.45. The van der Waals surface area contributed by atoms with Gasteiger partial charge in [0.1, 0.15) is 0 Å². The van der Waals surface area contributed by atoms with Crippen LogP contribution in [0.15, 0.2) is 77.3 Å². The Labute approximate surface area is 172 Å². The van der Waals surface area contributed by atoms with Crippen LogP contribution in [0.5, 0.6) is 0 Å². The highest BCUT2D eigenvalue weighted by Gasteiger charge is 2.22. The molecule has 3 rings (SSSR count). The van der Waals surface area contributed by atoms with Crippen LogP contribution in [0.4, 0.5) is 5.69 Å². The van der Waals surface area contributed by atoms with Gasteiger partial charge in [-0.25, -0.2) is 4.79 Å². The Bertz CT molecular complexity index is 1000. The molecule has 3 aromatic rings. The molecule has 148 valence electrons. The maximum atomic E-state index is 12.9. The lowest BCUT2D eigenvalue weighted by Gasteiger charge is -2.24. The van der Waals surface area contributed by atoms with Gasteiger partial charge < -0.3 is 14.8 Å². The number of aromatic carboxylic acids is 1. The molecule has 1 amide bonds. The maximum absolute atomic E-state index is 12.9. The number of rotatable bonds is 8. The Morgan fingerprint density at radius 1 is 1.03 bits per heavy atom. The molecule has 0 aliphatic carbocycles. The number of nitrogens with zero attached hydrogens (tertiary/aromatic N) is 2. The summed E-state index contributed by atoms with van der Waals surface area (Å²) in [6.45, 7) is 1.72. The molecule has 29 heavy (non-hydrogen) atoms.